The molecule has 0 amide bonds. The second-order valence-electron chi connectivity index (χ2n) is 3.20. The van der Waals surface area contributed by atoms with Gasteiger partial charge in [0.25, 0.3) is 0 Å². The zero-order valence-corrected chi connectivity index (χ0v) is 10.9. The fourth-order valence-corrected chi connectivity index (χ4v) is 2.15. The molecule has 0 unspecified atom stereocenters. The largest absolute Gasteiger partial charge is 0.300 e. The lowest BCUT2D eigenvalue weighted by atomic mass is 10.2. The molecular formula is C11H15BrClN. The summed E-state index contributed by atoms with van der Waals surface area (Å²) in [5, 5.41) is 0.778. The number of nitrogens with zero attached hydrogens (tertiary/aromatic N) is 1. The van der Waals surface area contributed by atoms with Crippen LogP contribution in [0.25, 0.3) is 0 Å². The smallest absolute Gasteiger partial charge is 0.0417 e. The Kier molecular flexibility index (Phi) is 4.93. The van der Waals surface area contributed by atoms with Crippen LogP contribution in [-0.4, -0.2) is 18.0 Å². The Bertz CT molecular complexity index is 297. The van der Waals surface area contributed by atoms with Crippen LogP contribution >= 0.6 is 27.5 Å². The van der Waals surface area contributed by atoms with Crippen molar-refractivity contribution in [1.29, 1.82) is 0 Å². The molecule has 1 aromatic carbocycles. The van der Waals surface area contributed by atoms with Crippen molar-refractivity contribution >= 4 is 27.5 Å². The van der Waals surface area contributed by atoms with E-state index in [-0.39, 0.29) is 0 Å². The number of benzene rings is 1. The van der Waals surface area contributed by atoms with Gasteiger partial charge in [-0.05, 0) is 30.8 Å². The van der Waals surface area contributed by atoms with E-state index >= 15 is 0 Å². The van der Waals surface area contributed by atoms with Crippen molar-refractivity contribution in [2.45, 2.75) is 20.4 Å². The van der Waals surface area contributed by atoms with Crippen LogP contribution in [0, 0.1) is 0 Å². The molecule has 1 aromatic rings. The molecule has 0 aliphatic rings. The maximum absolute atomic E-state index is 5.88. The van der Waals surface area contributed by atoms with E-state index in [9.17, 15) is 0 Å². The first-order valence-corrected chi connectivity index (χ1v) is 6.00. The van der Waals surface area contributed by atoms with Gasteiger partial charge in [-0.3, -0.25) is 4.90 Å². The van der Waals surface area contributed by atoms with E-state index in [0.29, 0.717) is 0 Å². The third kappa shape index (κ3) is 3.26. The van der Waals surface area contributed by atoms with E-state index in [4.69, 9.17) is 11.6 Å². The van der Waals surface area contributed by atoms with Gasteiger partial charge >= 0.3 is 0 Å². The summed E-state index contributed by atoms with van der Waals surface area (Å²) in [5.74, 6) is 0. The minimum absolute atomic E-state index is 0.778. The van der Waals surface area contributed by atoms with Crippen molar-refractivity contribution in [3.63, 3.8) is 0 Å². The molecule has 0 spiro atoms. The predicted molar refractivity (Wildman–Crippen MR) is 65.8 cm³/mol. The zero-order valence-electron chi connectivity index (χ0n) is 8.56. The minimum Gasteiger partial charge on any atom is -0.300 e. The van der Waals surface area contributed by atoms with Gasteiger partial charge in [-0.2, -0.15) is 0 Å². The molecule has 14 heavy (non-hydrogen) atoms. The molecule has 0 aliphatic carbocycles. The van der Waals surface area contributed by atoms with Crippen LogP contribution < -0.4 is 0 Å². The first kappa shape index (κ1) is 12.0. The molecule has 0 radical (unpaired) electrons. The summed E-state index contributed by atoms with van der Waals surface area (Å²) in [4.78, 5) is 2.37. The summed E-state index contributed by atoms with van der Waals surface area (Å²) < 4.78 is 1.09. The summed E-state index contributed by atoms with van der Waals surface area (Å²) >= 11 is 9.40. The number of halogens is 2. The van der Waals surface area contributed by atoms with Crippen molar-refractivity contribution in [1.82, 2.24) is 4.90 Å². The predicted octanol–water partition coefficient (Wildman–Crippen LogP) is 3.94. The van der Waals surface area contributed by atoms with Crippen LogP contribution in [0.5, 0.6) is 0 Å². The Hall–Kier alpha value is -0.0500. The third-order valence-corrected chi connectivity index (χ3v) is 3.28. The molecule has 0 heterocycles. The monoisotopic (exact) mass is 275 g/mol. The molecule has 0 N–H and O–H groups in total. The SMILES string of the molecule is CCN(CC)Cc1ccc(Cl)cc1Br. The summed E-state index contributed by atoms with van der Waals surface area (Å²) in [7, 11) is 0. The molecule has 0 aliphatic heterocycles. The highest BCUT2D eigenvalue weighted by Crippen LogP contribution is 2.22. The Balaban J connectivity index is 2.76. The van der Waals surface area contributed by atoms with Crippen LogP contribution in [0.2, 0.25) is 5.02 Å². The number of rotatable bonds is 4. The number of hydrogen-bond donors (Lipinski definition) is 0. The summed E-state index contributed by atoms with van der Waals surface area (Å²) in [6.07, 6.45) is 0. The van der Waals surface area contributed by atoms with Crippen molar-refractivity contribution in [3.8, 4) is 0 Å². The van der Waals surface area contributed by atoms with E-state index < -0.39 is 0 Å². The summed E-state index contributed by atoms with van der Waals surface area (Å²) in [6, 6.07) is 5.95. The van der Waals surface area contributed by atoms with Crippen LogP contribution in [0.3, 0.4) is 0 Å². The van der Waals surface area contributed by atoms with Gasteiger partial charge in [-0.25, -0.2) is 0 Å². The van der Waals surface area contributed by atoms with Gasteiger partial charge in [0, 0.05) is 16.0 Å². The van der Waals surface area contributed by atoms with Gasteiger partial charge in [0.15, 0.2) is 0 Å². The van der Waals surface area contributed by atoms with Gasteiger partial charge in [0.05, 0.1) is 0 Å². The van der Waals surface area contributed by atoms with E-state index in [1.165, 1.54) is 5.56 Å². The fourth-order valence-electron chi connectivity index (χ4n) is 1.34. The maximum Gasteiger partial charge on any atom is 0.0417 e. The highest BCUT2D eigenvalue weighted by atomic mass is 79.9. The lowest BCUT2D eigenvalue weighted by Crippen LogP contribution is -2.22. The van der Waals surface area contributed by atoms with Crippen LogP contribution in [0.4, 0.5) is 0 Å². The van der Waals surface area contributed by atoms with Gasteiger partial charge in [-0.15, -0.1) is 0 Å². The number of hydrogen-bond acceptors (Lipinski definition) is 1. The van der Waals surface area contributed by atoms with Crippen molar-refractivity contribution < 1.29 is 0 Å². The Morgan fingerprint density at radius 2 is 1.93 bits per heavy atom. The van der Waals surface area contributed by atoms with Gasteiger partial charge < -0.3 is 0 Å². The molecule has 0 aromatic heterocycles. The Labute approximate surface area is 99.2 Å². The first-order chi connectivity index (χ1) is 6.67. The lowest BCUT2D eigenvalue weighted by Gasteiger charge is -2.18. The Morgan fingerprint density at radius 3 is 2.43 bits per heavy atom. The molecule has 0 fully saturated rings. The zero-order chi connectivity index (χ0) is 10.6. The molecule has 0 saturated heterocycles. The van der Waals surface area contributed by atoms with Crippen molar-refractivity contribution in [3.05, 3.63) is 33.3 Å². The van der Waals surface area contributed by atoms with Gasteiger partial charge in [-0.1, -0.05) is 47.4 Å². The second-order valence-corrected chi connectivity index (χ2v) is 4.49. The first-order valence-electron chi connectivity index (χ1n) is 4.83. The maximum atomic E-state index is 5.88. The molecule has 1 rings (SSSR count). The molecule has 78 valence electrons. The fraction of sp³-hybridized carbons (Fsp3) is 0.455. The van der Waals surface area contributed by atoms with Gasteiger partial charge in [0.2, 0.25) is 0 Å². The average Bonchev–Trinajstić information content (AvgIpc) is 2.17. The van der Waals surface area contributed by atoms with E-state index in [2.05, 4.69) is 40.7 Å². The lowest BCUT2D eigenvalue weighted by molar-refractivity contribution is 0.295. The highest BCUT2D eigenvalue weighted by molar-refractivity contribution is 9.10. The van der Waals surface area contributed by atoms with Crippen molar-refractivity contribution in [2.24, 2.45) is 0 Å². The molecule has 0 atom stereocenters. The minimum atomic E-state index is 0.778. The van der Waals surface area contributed by atoms with E-state index in [1.54, 1.807) is 0 Å². The molecule has 0 saturated carbocycles. The Morgan fingerprint density at radius 1 is 1.29 bits per heavy atom. The van der Waals surface area contributed by atoms with Crippen LogP contribution in [-0.2, 0) is 6.54 Å². The summed E-state index contributed by atoms with van der Waals surface area (Å²) in [5.41, 5.74) is 1.29. The average molecular weight is 277 g/mol. The molecule has 0 bridgehead atoms. The molecule has 1 nitrogen and oxygen atoms in total. The quantitative estimate of drug-likeness (QED) is 0.805. The van der Waals surface area contributed by atoms with Gasteiger partial charge in [0.1, 0.15) is 0 Å². The van der Waals surface area contributed by atoms with Crippen LogP contribution in [0.1, 0.15) is 19.4 Å². The van der Waals surface area contributed by atoms with Crippen LogP contribution in [0.15, 0.2) is 22.7 Å². The summed E-state index contributed by atoms with van der Waals surface area (Å²) in [6.45, 7) is 7.47. The topological polar surface area (TPSA) is 3.24 Å². The van der Waals surface area contributed by atoms with Crippen molar-refractivity contribution in [2.75, 3.05) is 13.1 Å². The second kappa shape index (κ2) is 5.74. The molecule has 3 heteroatoms. The standard InChI is InChI=1S/C11H15BrClN/c1-3-14(4-2)8-9-5-6-10(13)7-11(9)12/h5-7H,3-4,8H2,1-2H3. The molecular weight excluding hydrogens is 261 g/mol. The van der Waals surface area contributed by atoms with E-state index in [1.807, 2.05) is 12.1 Å². The highest BCUT2D eigenvalue weighted by Gasteiger charge is 2.04. The third-order valence-electron chi connectivity index (χ3n) is 2.30. The normalized spacial score (nSPS) is 10.9. The van der Waals surface area contributed by atoms with E-state index in [0.717, 1.165) is 29.1 Å².